The van der Waals surface area contributed by atoms with Crippen LogP contribution in [0.4, 0.5) is 0 Å². The topological polar surface area (TPSA) is 37.3 Å². The van der Waals surface area contributed by atoms with Crippen molar-refractivity contribution in [2.45, 2.75) is 59.3 Å². The summed E-state index contributed by atoms with van der Waals surface area (Å²) in [6, 6.07) is 0. The number of aromatic carboxylic acids is 1. The maximum atomic E-state index is 11.5. The first-order valence-electron chi connectivity index (χ1n) is 6.56. The Labute approximate surface area is 113 Å². The van der Waals surface area contributed by atoms with Crippen molar-refractivity contribution in [3.05, 3.63) is 20.9 Å². The predicted octanol–water partition coefficient (Wildman–Crippen LogP) is 4.26. The average molecular weight is 266 g/mol. The largest absolute Gasteiger partial charge is 0.478 e. The Kier molecular flexibility index (Phi) is 3.09. The van der Waals surface area contributed by atoms with E-state index < -0.39 is 5.97 Å². The minimum atomic E-state index is -0.752. The van der Waals surface area contributed by atoms with E-state index in [1.807, 2.05) is 6.92 Å². The second-order valence-electron chi connectivity index (χ2n) is 6.77. The summed E-state index contributed by atoms with van der Waals surface area (Å²) in [6.45, 7) is 11.0. The number of rotatable bonds is 2. The third kappa shape index (κ3) is 2.09. The van der Waals surface area contributed by atoms with Gasteiger partial charge < -0.3 is 5.11 Å². The maximum Gasteiger partial charge on any atom is 0.337 e. The summed E-state index contributed by atoms with van der Waals surface area (Å²) >= 11 is 1.72. The van der Waals surface area contributed by atoms with Gasteiger partial charge in [-0.2, -0.15) is 0 Å². The van der Waals surface area contributed by atoms with Crippen molar-refractivity contribution in [3.8, 4) is 0 Å². The van der Waals surface area contributed by atoms with E-state index in [4.69, 9.17) is 0 Å². The Balaban J connectivity index is 2.67. The van der Waals surface area contributed by atoms with Crippen molar-refractivity contribution in [3.63, 3.8) is 0 Å². The Hall–Kier alpha value is -0.830. The van der Waals surface area contributed by atoms with Gasteiger partial charge in [-0.15, -0.1) is 11.3 Å². The van der Waals surface area contributed by atoms with Gasteiger partial charge in [0.2, 0.25) is 0 Å². The highest BCUT2D eigenvalue weighted by atomic mass is 32.1. The standard InChI is InChI=1S/C15H22O2S/c1-6-10-11(13(16)17)9-7-14(2,3)8-15(4,5)12(9)18-10/h6-8H2,1-5H3,(H,16,17). The van der Waals surface area contributed by atoms with Crippen molar-refractivity contribution < 1.29 is 9.90 Å². The van der Waals surface area contributed by atoms with Gasteiger partial charge in [0.05, 0.1) is 5.56 Å². The molecular weight excluding hydrogens is 244 g/mol. The van der Waals surface area contributed by atoms with Crippen LogP contribution in [0.5, 0.6) is 0 Å². The van der Waals surface area contributed by atoms with E-state index >= 15 is 0 Å². The highest BCUT2D eigenvalue weighted by Crippen LogP contribution is 2.50. The SMILES string of the molecule is CCc1sc2c(c1C(=O)O)CC(C)(C)CC2(C)C. The van der Waals surface area contributed by atoms with Crippen molar-refractivity contribution in [2.75, 3.05) is 0 Å². The number of carbonyl (C=O) groups is 1. The molecule has 2 nitrogen and oxygen atoms in total. The molecule has 2 rings (SSSR count). The molecule has 0 atom stereocenters. The molecule has 0 aliphatic heterocycles. The number of aryl methyl sites for hydroxylation is 1. The van der Waals surface area contributed by atoms with Crippen LogP contribution in [0.3, 0.4) is 0 Å². The first-order chi connectivity index (χ1) is 8.18. The number of carboxylic acids is 1. The molecule has 0 saturated heterocycles. The van der Waals surface area contributed by atoms with Crippen molar-refractivity contribution >= 4 is 17.3 Å². The lowest BCUT2D eigenvalue weighted by Crippen LogP contribution is -2.34. The van der Waals surface area contributed by atoms with Crippen LogP contribution in [0, 0.1) is 5.41 Å². The quantitative estimate of drug-likeness (QED) is 0.868. The molecule has 0 spiro atoms. The van der Waals surface area contributed by atoms with Gasteiger partial charge in [-0.3, -0.25) is 0 Å². The van der Waals surface area contributed by atoms with Gasteiger partial charge in [-0.1, -0.05) is 34.6 Å². The number of fused-ring (bicyclic) bond motifs is 1. The van der Waals surface area contributed by atoms with Crippen LogP contribution in [-0.4, -0.2) is 11.1 Å². The molecule has 1 heterocycles. The van der Waals surface area contributed by atoms with E-state index in [0.717, 1.165) is 29.7 Å². The van der Waals surface area contributed by atoms with Gasteiger partial charge in [-0.25, -0.2) is 4.79 Å². The van der Waals surface area contributed by atoms with Gasteiger partial charge in [-0.05, 0) is 35.7 Å². The van der Waals surface area contributed by atoms with Crippen LogP contribution in [-0.2, 0) is 18.3 Å². The molecule has 1 aromatic heterocycles. The molecule has 0 unspecified atom stereocenters. The Morgan fingerprint density at radius 1 is 1.33 bits per heavy atom. The third-order valence-electron chi connectivity index (χ3n) is 3.81. The van der Waals surface area contributed by atoms with Crippen LogP contribution in [0.25, 0.3) is 0 Å². The van der Waals surface area contributed by atoms with E-state index in [2.05, 4.69) is 27.7 Å². The minimum absolute atomic E-state index is 0.0966. The summed E-state index contributed by atoms with van der Waals surface area (Å²) in [5.41, 5.74) is 1.98. The molecular formula is C15H22O2S. The van der Waals surface area contributed by atoms with Crippen LogP contribution < -0.4 is 0 Å². The zero-order valence-corrected chi connectivity index (χ0v) is 12.7. The summed E-state index contributed by atoms with van der Waals surface area (Å²) in [4.78, 5) is 13.9. The molecule has 0 bridgehead atoms. The lowest BCUT2D eigenvalue weighted by atomic mass is 9.65. The molecule has 1 aliphatic carbocycles. The summed E-state index contributed by atoms with van der Waals surface area (Å²) in [5, 5.41) is 9.49. The van der Waals surface area contributed by atoms with Gasteiger partial charge in [0.1, 0.15) is 0 Å². The second-order valence-corrected chi connectivity index (χ2v) is 7.87. The number of carboxylic acid groups (broad SMARTS) is 1. The fourth-order valence-corrected chi connectivity index (χ4v) is 4.90. The molecule has 0 aromatic carbocycles. The molecule has 0 fully saturated rings. The van der Waals surface area contributed by atoms with Crippen LogP contribution >= 0.6 is 11.3 Å². The summed E-state index contributed by atoms with van der Waals surface area (Å²) in [6.07, 6.45) is 2.83. The fraction of sp³-hybridized carbons (Fsp3) is 0.667. The molecule has 1 N–H and O–H groups in total. The van der Waals surface area contributed by atoms with Crippen molar-refractivity contribution in [1.82, 2.24) is 0 Å². The summed E-state index contributed by atoms with van der Waals surface area (Å²) in [5.74, 6) is -0.752. The van der Waals surface area contributed by atoms with Crippen LogP contribution in [0.15, 0.2) is 0 Å². The van der Waals surface area contributed by atoms with E-state index in [0.29, 0.717) is 5.56 Å². The average Bonchev–Trinajstić information content (AvgIpc) is 2.53. The molecule has 1 aliphatic rings. The van der Waals surface area contributed by atoms with E-state index in [9.17, 15) is 9.90 Å². The Morgan fingerprint density at radius 3 is 2.44 bits per heavy atom. The van der Waals surface area contributed by atoms with E-state index in [-0.39, 0.29) is 10.8 Å². The summed E-state index contributed by atoms with van der Waals surface area (Å²) in [7, 11) is 0. The highest BCUT2D eigenvalue weighted by Gasteiger charge is 2.41. The Morgan fingerprint density at radius 2 is 1.94 bits per heavy atom. The first-order valence-corrected chi connectivity index (χ1v) is 7.38. The lowest BCUT2D eigenvalue weighted by Gasteiger charge is -2.40. The minimum Gasteiger partial charge on any atom is -0.478 e. The van der Waals surface area contributed by atoms with Crippen LogP contribution in [0.2, 0.25) is 0 Å². The van der Waals surface area contributed by atoms with E-state index in [1.165, 1.54) is 4.88 Å². The smallest absolute Gasteiger partial charge is 0.337 e. The Bertz CT molecular complexity index is 495. The molecule has 0 radical (unpaired) electrons. The molecule has 0 amide bonds. The second kappa shape index (κ2) is 4.09. The monoisotopic (exact) mass is 266 g/mol. The lowest BCUT2D eigenvalue weighted by molar-refractivity contribution is 0.0694. The summed E-state index contributed by atoms with van der Waals surface area (Å²) < 4.78 is 0. The molecule has 18 heavy (non-hydrogen) atoms. The number of hydrogen-bond donors (Lipinski definition) is 1. The zero-order valence-electron chi connectivity index (χ0n) is 11.9. The van der Waals surface area contributed by atoms with E-state index in [1.54, 1.807) is 11.3 Å². The normalized spacial score (nSPS) is 20.5. The maximum absolute atomic E-state index is 11.5. The fourth-order valence-electron chi connectivity index (χ4n) is 3.55. The first kappa shape index (κ1) is 13.6. The van der Waals surface area contributed by atoms with Gasteiger partial charge in [0.15, 0.2) is 0 Å². The van der Waals surface area contributed by atoms with Crippen LogP contribution in [0.1, 0.15) is 66.7 Å². The zero-order chi connectivity index (χ0) is 13.7. The highest BCUT2D eigenvalue weighted by molar-refractivity contribution is 7.12. The number of hydrogen-bond acceptors (Lipinski definition) is 2. The third-order valence-corrected chi connectivity index (χ3v) is 5.55. The molecule has 1 aromatic rings. The van der Waals surface area contributed by atoms with Gasteiger partial charge >= 0.3 is 5.97 Å². The molecule has 3 heteroatoms. The molecule has 0 saturated carbocycles. The predicted molar refractivity (Wildman–Crippen MR) is 75.8 cm³/mol. The van der Waals surface area contributed by atoms with Gasteiger partial charge in [0, 0.05) is 9.75 Å². The van der Waals surface area contributed by atoms with Gasteiger partial charge in [0.25, 0.3) is 0 Å². The van der Waals surface area contributed by atoms with Crippen molar-refractivity contribution in [1.29, 1.82) is 0 Å². The van der Waals surface area contributed by atoms with Crippen molar-refractivity contribution in [2.24, 2.45) is 5.41 Å². The number of thiophene rings is 1. The molecule has 100 valence electrons.